The zero-order chi connectivity index (χ0) is 23.4. The molecule has 0 bridgehead atoms. The van der Waals surface area contributed by atoms with Crippen LogP contribution in [0.25, 0.3) is 0 Å². The predicted molar refractivity (Wildman–Crippen MR) is 127 cm³/mol. The molecular formula is C29H39NO2. The molecule has 5 rings (SSSR count). The van der Waals surface area contributed by atoms with Gasteiger partial charge in [-0.05, 0) is 99.0 Å². The highest BCUT2D eigenvalue weighted by molar-refractivity contribution is 5.42. The Morgan fingerprint density at radius 2 is 1.94 bits per heavy atom. The number of nitriles is 1. The number of allylic oxidation sites excluding steroid dienone is 1. The molecule has 2 unspecified atom stereocenters. The third-order valence-corrected chi connectivity index (χ3v) is 10.2. The monoisotopic (exact) mass is 434 g/mol. The maximum Gasteiger partial charge on any atom is 0.137 e. The summed E-state index contributed by atoms with van der Waals surface area (Å²) in [6.45, 7) is 6.91. The third kappa shape index (κ3) is 3.33. The summed E-state index contributed by atoms with van der Waals surface area (Å²) in [5.41, 5.74) is 2.61. The molecule has 3 heteroatoms. The van der Waals surface area contributed by atoms with Gasteiger partial charge in [-0.2, -0.15) is 5.26 Å². The van der Waals surface area contributed by atoms with Crippen LogP contribution in [0.3, 0.4) is 0 Å². The highest BCUT2D eigenvalue weighted by Crippen LogP contribution is 2.66. The maximum atomic E-state index is 9.49. The minimum absolute atomic E-state index is 0.116. The van der Waals surface area contributed by atoms with Gasteiger partial charge in [-0.25, -0.2) is 0 Å². The van der Waals surface area contributed by atoms with Crippen molar-refractivity contribution in [3.63, 3.8) is 0 Å². The quantitative estimate of drug-likeness (QED) is 0.483. The van der Waals surface area contributed by atoms with Crippen molar-refractivity contribution in [2.45, 2.75) is 84.3 Å². The first-order valence-corrected chi connectivity index (χ1v) is 12.6. The van der Waals surface area contributed by atoms with Crippen LogP contribution in [-0.4, -0.2) is 19.3 Å². The molecule has 0 aliphatic heterocycles. The van der Waals surface area contributed by atoms with Crippen molar-refractivity contribution in [3.8, 4) is 11.8 Å². The molecule has 0 saturated heterocycles. The van der Waals surface area contributed by atoms with E-state index in [0.717, 1.165) is 18.8 Å². The van der Waals surface area contributed by atoms with E-state index in [4.69, 9.17) is 9.47 Å². The zero-order valence-corrected chi connectivity index (χ0v) is 20.2. The largest absolute Gasteiger partial charge is 0.489 e. The number of nitrogens with zero attached hydrogens (tertiary/aromatic N) is 1. The standard InChI is InChI=1S/C29H39NO2/c1-19(32-27-8-6-5-7-20(27)18-30)24-11-12-25-23-10-9-21-17-22(31-4)13-15-28(21,2)26(23)14-16-29(24,25)3/h5-9,19,22-26H,10-17H2,1-4H3/t19?,22-,23-,24?,25-,26-,28-,29+/m0/s1/i19D. The molecule has 8 atom stereocenters. The van der Waals surface area contributed by atoms with Crippen molar-refractivity contribution in [1.82, 2.24) is 0 Å². The van der Waals surface area contributed by atoms with Crippen molar-refractivity contribution in [3.05, 3.63) is 41.5 Å². The highest BCUT2D eigenvalue weighted by Gasteiger charge is 2.59. The van der Waals surface area contributed by atoms with Crippen molar-refractivity contribution in [2.75, 3.05) is 7.11 Å². The number of benzene rings is 1. The van der Waals surface area contributed by atoms with Gasteiger partial charge in [-0.1, -0.05) is 37.6 Å². The van der Waals surface area contributed by atoms with Gasteiger partial charge in [0.2, 0.25) is 0 Å². The molecule has 32 heavy (non-hydrogen) atoms. The minimum Gasteiger partial charge on any atom is -0.489 e. The zero-order valence-electron chi connectivity index (χ0n) is 21.2. The number of rotatable bonds is 4. The van der Waals surface area contributed by atoms with Gasteiger partial charge in [-0.3, -0.25) is 0 Å². The lowest BCUT2D eigenvalue weighted by Crippen LogP contribution is -2.51. The molecule has 1 aromatic carbocycles. The van der Waals surface area contributed by atoms with E-state index in [2.05, 4.69) is 26.0 Å². The molecule has 4 aliphatic carbocycles. The van der Waals surface area contributed by atoms with Gasteiger partial charge < -0.3 is 9.47 Å². The van der Waals surface area contributed by atoms with Gasteiger partial charge >= 0.3 is 0 Å². The SMILES string of the molecule is [2H]C(C)(Oc1ccccc1C#N)C1CC[C@H]2[C@@H]3CC=C4C[C@@H](OC)CC[C@]4(C)[C@H]3CC[C@]12C. The van der Waals surface area contributed by atoms with Crippen molar-refractivity contribution in [1.29, 1.82) is 5.26 Å². The van der Waals surface area contributed by atoms with Crippen LogP contribution in [0.2, 0.25) is 0 Å². The molecule has 172 valence electrons. The number of hydrogen-bond donors (Lipinski definition) is 0. The summed E-state index contributed by atoms with van der Waals surface area (Å²) < 4.78 is 21.3. The van der Waals surface area contributed by atoms with Crippen LogP contribution < -0.4 is 4.74 Å². The predicted octanol–water partition coefficient (Wildman–Crippen LogP) is 6.92. The smallest absolute Gasteiger partial charge is 0.137 e. The van der Waals surface area contributed by atoms with Crippen LogP contribution in [0.4, 0.5) is 0 Å². The van der Waals surface area contributed by atoms with E-state index in [1.807, 2.05) is 32.2 Å². The highest BCUT2D eigenvalue weighted by atomic mass is 16.5. The summed E-state index contributed by atoms with van der Waals surface area (Å²) in [6, 6.07) is 9.58. The van der Waals surface area contributed by atoms with Crippen molar-refractivity contribution < 1.29 is 10.8 Å². The van der Waals surface area contributed by atoms with E-state index in [9.17, 15) is 6.63 Å². The first-order chi connectivity index (χ1) is 15.7. The fourth-order valence-corrected chi connectivity index (χ4v) is 8.39. The number of para-hydroxylation sites is 1. The number of hydrogen-bond acceptors (Lipinski definition) is 3. The molecule has 3 fully saturated rings. The lowest BCUT2D eigenvalue weighted by atomic mass is 9.47. The van der Waals surface area contributed by atoms with Crippen LogP contribution in [0.15, 0.2) is 35.9 Å². The van der Waals surface area contributed by atoms with Crippen LogP contribution >= 0.6 is 0 Å². The van der Waals surface area contributed by atoms with Gasteiger partial charge in [0.15, 0.2) is 0 Å². The molecule has 0 heterocycles. The second-order valence-electron chi connectivity index (χ2n) is 11.4. The first-order valence-electron chi connectivity index (χ1n) is 13.1. The Bertz CT molecular complexity index is 980. The van der Waals surface area contributed by atoms with E-state index in [0.29, 0.717) is 34.7 Å². The molecule has 1 aromatic rings. The number of ether oxygens (including phenoxy) is 2. The lowest BCUT2D eigenvalue weighted by molar-refractivity contribution is -0.0666. The Labute approximate surface area is 195 Å². The third-order valence-electron chi connectivity index (χ3n) is 10.2. The Morgan fingerprint density at radius 1 is 1.12 bits per heavy atom. The summed E-state index contributed by atoms with van der Waals surface area (Å²) >= 11 is 0. The Kier molecular flexibility index (Phi) is 5.33. The number of fused-ring (bicyclic) bond motifs is 5. The molecule has 0 spiro atoms. The lowest BCUT2D eigenvalue weighted by Gasteiger charge is -2.58. The van der Waals surface area contributed by atoms with Crippen molar-refractivity contribution >= 4 is 0 Å². The first kappa shape index (κ1) is 20.8. The Morgan fingerprint density at radius 3 is 2.72 bits per heavy atom. The average molecular weight is 435 g/mol. The fourth-order valence-electron chi connectivity index (χ4n) is 8.39. The molecule has 0 aromatic heterocycles. The topological polar surface area (TPSA) is 42.2 Å². The Balaban J connectivity index is 1.40. The summed E-state index contributed by atoms with van der Waals surface area (Å²) in [7, 11) is 1.86. The molecule has 3 nitrogen and oxygen atoms in total. The number of methoxy groups -OCH3 is 1. The second-order valence-corrected chi connectivity index (χ2v) is 11.4. The summed E-state index contributed by atoms with van der Waals surface area (Å²) in [6.07, 6.45) is 11.3. The minimum atomic E-state index is -1.04. The summed E-state index contributed by atoms with van der Waals surface area (Å²) in [5, 5.41) is 9.49. The molecule has 4 aliphatic rings. The van der Waals surface area contributed by atoms with Gasteiger partial charge in [0.1, 0.15) is 11.8 Å². The summed E-state index contributed by atoms with van der Waals surface area (Å²) in [4.78, 5) is 0. The molecule has 0 amide bonds. The summed E-state index contributed by atoms with van der Waals surface area (Å²) in [5.74, 6) is 2.83. The van der Waals surface area contributed by atoms with Gasteiger partial charge in [0.05, 0.1) is 19.1 Å². The van der Waals surface area contributed by atoms with E-state index >= 15 is 0 Å². The average Bonchev–Trinajstić information content (AvgIpc) is 3.17. The fraction of sp³-hybridized carbons (Fsp3) is 0.690. The van der Waals surface area contributed by atoms with Gasteiger partial charge in [0.25, 0.3) is 0 Å². The maximum absolute atomic E-state index is 9.49. The van der Waals surface area contributed by atoms with Crippen LogP contribution in [0.5, 0.6) is 5.75 Å². The van der Waals surface area contributed by atoms with E-state index in [-0.39, 0.29) is 11.3 Å². The van der Waals surface area contributed by atoms with Crippen molar-refractivity contribution in [2.24, 2.45) is 34.5 Å². The van der Waals surface area contributed by atoms with E-state index in [1.165, 1.54) is 38.5 Å². The Hall–Kier alpha value is -1.79. The molecule has 3 saturated carbocycles. The normalized spacial score (nSPS) is 42.9. The van der Waals surface area contributed by atoms with Crippen LogP contribution in [0.1, 0.15) is 79.1 Å². The van der Waals surface area contributed by atoms with Gasteiger partial charge in [-0.15, -0.1) is 0 Å². The van der Waals surface area contributed by atoms with Crippen LogP contribution in [-0.2, 0) is 4.74 Å². The van der Waals surface area contributed by atoms with E-state index in [1.54, 1.807) is 11.6 Å². The molecule has 0 N–H and O–H groups in total. The molecular weight excluding hydrogens is 394 g/mol. The molecule has 0 radical (unpaired) electrons. The van der Waals surface area contributed by atoms with Crippen LogP contribution in [0, 0.1) is 45.8 Å². The van der Waals surface area contributed by atoms with Gasteiger partial charge in [0, 0.05) is 13.0 Å². The second kappa shape index (κ2) is 8.21. The van der Waals surface area contributed by atoms with E-state index < -0.39 is 6.08 Å².